The molecule has 0 aliphatic rings. The van der Waals surface area contributed by atoms with Crippen LogP contribution in [0.25, 0.3) is 22.0 Å². The van der Waals surface area contributed by atoms with Crippen molar-refractivity contribution in [1.82, 2.24) is 9.97 Å². The minimum absolute atomic E-state index is 0.368. The maximum absolute atomic E-state index is 13.6. The van der Waals surface area contributed by atoms with E-state index in [2.05, 4.69) is 28.4 Å². The van der Waals surface area contributed by atoms with Gasteiger partial charge in [0.2, 0.25) is 0 Å². The molecule has 3 rings (SSSR count). The molecule has 142 valence electrons. The summed E-state index contributed by atoms with van der Waals surface area (Å²) in [7, 11) is 0. The standard InChI is InChI=1S/C20H15F2N3O2S/c1-4-15(22)17(11(2)21)19(26)24-14-7-5-13(6-8-14)18-12(3)28-20(25-18)16-9-23-10-27-16/h4-10H,1-2H2,3H3,(H,24,26). The van der Waals surface area contributed by atoms with Crippen LogP contribution in [0.3, 0.4) is 0 Å². The van der Waals surface area contributed by atoms with Gasteiger partial charge in [-0.3, -0.25) is 4.79 Å². The number of nitrogens with one attached hydrogen (secondary N) is 1. The number of halogens is 2. The molecule has 2 aromatic heterocycles. The van der Waals surface area contributed by atoms with Crippen LogP contribution in [0, 0.1) is 6.92 Å². The molecule has 5 nitrogen and oxygen atoms in total. The summed E-state index contributed by atoms with van der Waals surface area (Å²) in [5.74, 6) is -2.63. The second-order valence-electron chi connectivity index (χ2n) is 5.65. The van der Waals surface area contributed by atoms with Gasteiger partial charge in [0.15, 0.2) is 17.2 Å². The van der Waals surface area contributed by atoms with Gasteiger partial charge in [-0.1, -0.05) is 25.3 Å². The van der Waals surface area contributed by atoms with Crippen LogP contribution >= 0.6 is 11.3 Å². The van der Waals surface area contributed by atoms with Gasteiger partial charge < -0.3 is 9.73 Å². The Bertz CT molecular complexity index is 1070. The number of allylic oxidation sites excluding steroid dienone is 2. The summed E-state index contributed by atoms with van der Waals surface area (Å²) in [5.41, 5.74) is 1.17. The average molecular weight is 399 g/mol. The van der Waals surface area contributed by atoms with Crippen LogP contribution in [0.5, 0.6) is 0 Å². The smallest absolute Gasteiger partial charge is 0.261 e. The normalized spacial score (nSPS) is 11.7. The van der Waals surface area contributed by atoms with E-state index in [0.717, 1.165) is 22.2 Å². The van der Waals surface area contributed by atoms with Crippen LogP contribution in [0.1, 0.15) is 4.88 Å². The Morgan fingerprint density at radius 2 is 2.00 bits per heavy atom. The van der Waals surface area contributed by atoms with Crippen molar-refractivity contribution < 1.29 is 18.0 Å². The number of thiazole rings is 1. The lowest BCUT2D eigenvalue weighted by Crippen LogP contribution is -2.15. The molecule has 0 bridgehead atoms. The first-order chi connectivity index (χ1) is 13.4. The van der Waals surface area contributed by atoms with Gasteiger partial charge in [-0.15, -0.1) is 11.3 Å². The highest BCUT2D eigenvalue weighted by Gasteiger charge is 2.18. The van der Waals surface area contributed by atoms with Gasteiger partial charge in [-0.05, 0) is 25.1 Å². The molecule has 0 spiro atoms. The largest absolute Gasteiger partial charge is 0.441 e. The fourth-order valence-electron chi connectivity index (χ4n) is 2.46. The molecule has 1 N–H and O–H groups in total. The second-order valence-corrected chi connectivity index (χ2v) is 6.86. The summed E-state index contributed by atoms with van der Waals surface area (Å²) in [6.45, 7) is 8.11. The molecule has 0 aliphatic carbocycles. The first-order valence-corrected chi connectivity index (χ1v) is 8.87. The van der Waals surface area contributed by atoms with Gasteiger partial charge >= 0.3 is 0 Å². The summed E-state index contributed by atoms with van der Waals surface area (Å²) in [6, 6.07) is 6.73. The Hall–Kier alpha value is -3.39. The van der Waals surface area contributed by atoms with Crippen LogP contribution in [0.2, 0.25) is 0 Å². The number of amides is 1. The molecule has 3 aromatic rings. The molecular weight excluding hydrogens is 384 g/mol. The zero-order valence-corrected chi connectivity index (χ0v) is 15.6. The summed E-state index contributed by atoms with van der Waals surface area (Å²) in [4.78, 5) is 21.5. The van der Waals surface area contributed by atoms with E-state index in [9.17, 15) is 13.6 Å². The molecule has 1 amide bonds. The lowest BCUT2D eigenvalue weighted by molar-refractivity contribution is -0.112. The number of rotatable bonds is 6. The number of carbonyl (C=O) groups excluding carboxylic acids is 1. The topological polar surface area (TPSA) is 68.0 Å². The molecule has 2 heterocycles. The van der Waals surface area contributed by atoms with Gasteiger partial charge in [0, 0.05) is 16.1 Å². The van der Waals surface area contributed by atoms with E-state index in [1.807, 2.05) is 6.92 Å². The summed E-state index contributed by atoms with van der Waals surface area (Å²) < 4.78 is 32.3. The third kappa shape index (κ3) is 3.96. The Balaban J connectivity index is 1.82. The van der Waals surface area contributed by atoms with Gasteiger partial charge in [-0.2, -0.15) is 0 Å². The number of aromatic nitrogens is 2. The SMILES string of the molecule is C=CC(F)=C(C(=C)F)C(=O)Nc1ccc(-c2nc(-c3cnco3)sc2C)cc1. The third-order valence-electron chi connectivity index (χ3n) is 3.77. The van der Waals surface area contributed by atoms with Crippen LogP contribution in [0.4, 0.5) is 14.5 Å². The predicted octanol–water partition coefficient (Wildman–Crippen LogP) is 5.60. The lowest BCUT2D eigenvalue weighted by Gasteiger charge is -2.08. The second kappa shape index (κ2) is 8.10. The predicted molar refractivity (Wildman–Crippen MR) is 105 cm³/mol. The molecular formula is C20H15F2N3O2S. The minimum atomic E-state index is -1.18. The molecule has 0 saturated heterocycles. The summed E-state index contributed by atoms with van der Waals surface area (Å²) in [6.07, 6.45) is 3.68. The van der Waals surface area contributed by atoms with Crippen molar-refractivity contribution in [3.8, 4) is 22.0 Å². The number of aryl methyl sites for hydroxylation is 1. The Labute approximate surface area is 163 Å². The molecule has 0 saturated carbocycles. The fraction of sp³-hybridized carbons (Fsp3) is 0.0500. The van der Waals surface area contributed by atoms with Gasteiger partial charge in [0.25, 0.3) is 5.91 Å². The molecule has 0 fully saturated rings. The lowest BCUT2D eigenvalue weighted by atomic mass is 10.1. The maximum atomic E-state index is 13.6. The molecule has 8 heteroatoms. The number of oxazole rings is 1. The highest BCUT2D eigenvalue weighted by Crippen LogP contribution is 2.33. The van der Waals surface area contributed by atoms with E-state index >= 15 is 0 Å². The van der Waals surface area contributed by atoms with Crippen molar-refractivity contribution in [3.63, 3.8) is 0 Å². The van der Waals surface area contributed by atoms with Crippen molar-refractivity contribution in [2.75, 3.05) is 5.32 Å². The van der Waals surface area contributed by atoms with Crippen LogP contribution < -0.4 is 5.32 Å². The van der Waals surface area contributed by atoms with Crippen LogP contribution in [-0.2, 0) is 4.79 Å². The van der Waals surface area contributed by atoms with Crippen molar-refractivity contribution >= 4 is 22.9 Å². The zero-order valence-electron chi connectivity index (χ0n) is 14.8. The van der Waals surface area contributed by atoms with E-state index in [1.54, 1.807) is 30.5 Å². The van der Waals surface area contributed by atoms with Crippen molar-refractivity contribution in [3.05, 3.63) is 78.2 Å². The Morgan fingerprint density at radius 3 is 2.57 bits per heavy atom. The minimum Gasteiger partial charge on any atom is -0.441 e. The monoisotopic (exact) mass is 399 g/mol. The summed E-state index contributed by atoms with van der Waals surface area (Å²) >= 11 is 1.47. The highest BCUT2D eigenvalue weighted by molar-refractivity contribution is 7.15. The molecule has 0 radical (unpaired) electrons. The van der Waals surface area contributed by atoms with E-state index in [4.69, 9.17) is 4.42 Å². The first kappa shape index (κ1) is 19.4. The molecule has 0 unspecified atom stereocenters. The Kier molecular flexibility index (Phi) is 5.60. The molecule has 1 aromatic carbocycles. The zero-order chi connectivity index (χ0) is 20.3. The summed E-state index contributed by atoms with van der Waals surface area (Å²) in [5, 5.41) is 3.14. The van der Waals surface area contributed by atoms with E-state index in [0.29, 0.717) is 16.5 Å². The highest BCUT2D eigenvalue weighted by atomic mass is 32.1. The van der Waals surface area contributed by atoms with Gasteiger partial charge in [-0.25, -0.2) is 18.7 Å². The number of benzene rings is 1. The maximum Gasteiger partial charge on any atom is 0.261 e. The fourth-order valence-corrected chi connectivity index (χ4v) is 3.35. The quantitative estimate of drug-likeness (QED) is 0.432. The van der Waals surface area contributed by atoms with Crippen molar-refractivity contribution in [2.24, 2.45) is 0 Å². The van der Waals surface area contributed by atoms with Crippen LogP contribution in [-0.4, -0.2) is 15.9 Å². The molecule has 0 aliphatic heterocycles. The number of anilines is 1. The van der Waals surface area contributed by atoms with Crippen LogP contribution in [0.15, 0.2) is 77.7 Å². The Morgan fingerprint density at radius 1 is 1.29 bits per heavy atom. The number of hydrogen-bond donors (Lipinski definition) is 1. The van der Waals surface area contributed by atoms with E-state index < -0.39 is 23.1 Å². The first-order valence-electron chi connectivity index (χ1n) is 8.05. The molecule has 28 heavy (non-hydrogen) atoms. The van der Waals surface area contributed by atoms with Gasteiger partial charge in [0.1, 0.15) is 17.2 Å². The average Bonchev–Trinajstić information content (AvgIpc) is 3.31. The number of carbonyl (C=O) groups is 1. The van der Waals surface area contributed by atoms with Crippen molar-refractivity contribution in [2.45, 2.75) is 6.92 Å². The number of hydrogen-bond acceptors (Lipinski definition) is 5. The third-order valence-corrected chi connectivity index (χ3v) is 4.76. The van der Waals surface area contributed by atoms with E-state index in [1.165, 1.54) is 17.7 Å². The molecule has 0 atom stereocenters. The van der Waals surface area contributed by atoms with Gasteiger partial charge in [0.05, 0.1) is 11.9 Å². The van der Waals surface area contributed by atoms with Crippen molar-refractivity contribution in [1.29, 1.82) is 0 Å². The van der Waals surface area contributed by atoms with E-state index in [-0.39, 0.29) is 0 Å². The number of nitrogens with zero attached hydrogens (tertiary/aromatic N) is 2.